The van der Waals surface area contributed by atoms with E-state index in [1.165, 1.54) is 42.2 Å². The second-order valence-corrected chi connectivity index (χ2v) is 11.5. The summed E-state index contributed by atoms with van der Waals surface area (Å²) < 4.78 is 48.7. The third kappa shape index (κ3) is 7.25. The number of carbonyl (C=O) groups is 1. The Bertz CT molecular complexity index is 2040. The number of benzene rings is 3. The number of rotatable bonds is 11. The summed E-state index contributed by atoms with van der Waals surface area (Å²) in [5.74, 6) is -4.34. The average Bonchev–Trinajstić information content (AvgIpc) is 3.53. The Balaban J connectivity index is 1.30. The van der Waals surface area contributed by atoms with Crippen LogP contribution in [0, 0.1) is 23.0 Å². The third-order valence-corrected chi connectivity index (χ3v) is 8.07. The van der Waals surface area contributed by atoms with Crippen LogP contribution in [0.15, 0.2) is 106 Å². The van der Waals surface area contributed by atoms with Crippen LogP contribution in [0.3, 0.4) is 0 Å². The molecule has 1 aliphatic heterocycles. The van der Waals surface area contributed by atoms with Crippen molar-refractivity contribution in [1.29, 1.82) is 5.26 Å². The lowest BCUT2D eigenvalue weighted by Gasteiger charge is -2.22. The lowest BCUT2D eigenvalue weighted by atomic mass is 10.1. The van der Waals surface area contributed by atoms with Gasteiger partial charge in [-0.05, 0) is 55.1 Å². The van der Waals surface area contributed by atoms with E-state index >= 15 is 8.78 Å². The minimum Gasteiger partial charge on any atom is -0.485 e. The smallest absolute Gasteiger partial charge is 0.337 e. The molecule has 0 bridgehead atoms. The van der Waals surface area contributed by atoms with Crippen LogP contribution in [0.5, 0.6) is 28.9 Å². The molecule has 0 saturated carbocycles. The molecule has 6 rings (SSSR count). The van der Waals surface area contributed by atoms with Gasteiger partial charge in [-0.25, -0.2) is 19.2 Å². The Labute approximate surface area is 277 Å². The lowest BCUT2D eigenvalue weighted by Crippen LogP contribution is -2.19. The molecule has 0 amide bonds. The quantitative estimate of drug-likeness (QED) is 0.150. The maximum absolute atomic E-state index is 16.0. The van der Waals surface area contributed by atoms with Crippen LogP contribution < -0.4 is 14.2 Å². The number of aromatic nitrogens is 2. The summed E-state index contributed by atoms with van der Waals surface area (Å²) in [4.78, 5) is 26.4. The molecule has 0 spiro atoms. The highest BCUT2D eigenvalue weighted by Crippen LogP contribution is 2.42. The summed E-state index contributed by atoms with van der Waals surface area (Å²) in [7, 11) is 1.85. The largest absolute Gasteiger partial charge is 0.485 e. The van der Waals surface area contributed by atoms with Gasteiger partial charge in [-0.15, -0.1) is 0 Å². The Hall–Kier alpha value is -5.84. The van der Waals surface area contributed by atoms with Crippen molar-refractivity contribution < 1.29 is 32.9 Å². The van der Waals surface area contributed by atoms with Gasteiger partial charge in [0, 0.05) is 35.5 Å². The highest BCUT2D eigenvalue weighted by atomic mass is 32.2. The Morgan fingerprint density at radius 2 is 1.81 bits per heavy atom. The normalized spacial score (nSPS) is 14.0. The second-order valence-electron chi connectivity index (χ2n) is 10.4. The van der Waals surface area contributed by atoms with E-state index in [2.05, 4.69) is 15.0 Å². The van der Waals surface area contributed by atoms with Gasteiger partial charge in [0.1, 0.15) is 23.5 Å². The van der Waals surface area contributed by atoms with Crippen molar-refractivity contribution in [3.8, 4) is 34.9 Å². The second kappa shape index (κ2) is 14.3. The number of nitriles is 1. The summed E-state index contributed by atoms with van der Waals surface area (Å²) in [6, 6.07) is 23.9. The number of hydrogen-bond acceptors (Lipinski definition) is 10. The first-order valence-corrected chi connectivity index (χ1v) is 15.2. The fourth-order valence-corrected chi connectivity index (χ4v) is 5.51. The Kier molecular flexibility index (Phi) is 9.56. The zero-order valence-electron chi connectivity index (χ0n) is 25.2. The van der Waals surface area contributed by atoms with E-state index in [0.717, 1.165) is 11.8 Å². The molecule has 0 saturated heterocycles. The van der Waals surface area contributed by atoms with Gasteiger partial charge in [0.2, 0.25) is 11.6 Å². The minimum absolute atomic E-state index is 0.00270. The first-order valence-electron chi connectivity index (χ1n) is 14.4. The lowest BCUT2D eigenvalue weighted by molar-refractivity contribution is 0.0696. The molecule has 0 aliphatic carbocycles. The summed E-state index contributed by atoms with van der Waals surface area (Å²) in [5, 5.41) is 19.2. The van der Waals surface area contributed by atoms with Crippen molar-refractivity contribution in [2.45, 2.75) is 22.7 Å². The maximum Gasteiger partial charge on any atom is 0.337 e. The molecule has 240 valence electrons. The van der Waals surface area contributed by atoms with E-state index < -0.39 is 35.4 Å². The van der Waals surface area contributed by atoms with Crippen LogP contribution in [0.1, 0.15) is 33.2 Å². The number of halogens is 2. The molecule has 1 unspecified atom stereocenters. The molecule has 0 radical (unpaired) electrons. The van der Waals surface area contributed by atoms with Gasteiger partial charge >= 0.3 is 5.97 Å². The summed E-state index contributed by atoms with van der Waals surface area (Å²) >= 11 is 1.27. The number of carboxylic acids is 1. The van der Waals surface area contributed by atoms with Crippen LogP contribution in [0.25, 0.3) is 0 Å². The first kappa shape index (κ1) is 32.1. The van der Waals surface area contributed by atoms with E-state index in [9.17, 15) is 10.1 Å². The number of aliphatic imine (C=N–C) groups is 1. The SMILES string of the molecule is CN1CC=NC1c1cc(Sc2ccc(C(=O)O)cn2)ccc1Oc1c(F)cnc(Oc2cc(C#N)ccc2OCc2ccccc2)c1F. The molecule has 1 atom stereocenters. The van der Waals surface area contributed by atoms with Gasteiger partial charge in [0.25, 0.3) is 5.88 Å². The average molecular weight is 666 g/mol. The predicted octanol–water partition coefficient (Wildman–Crippen LogP) is 7.65. The molecule has 1 N–H and O–H groups in total. The van der Waals surface area contributed by atoms with Crippen molar-refractivity contribution >= 4 is 23.9 Å². The van der Waals surface area contributed by atoms with Gasteiger partial charge < -0.3 is 19.3 Å². The zero-order valence-corrected chi connectivity index (χ0v) is 26.0. The molecule has 1 aliphatic rings. The van der Waals surface area contributed by atoms with Crippen molar-refractivity contribution in [1.82, 2.24) is 14.9 Å². The Morgan fingerprint density at radius 1 is 1.00 bits per heavy atom. The van der Waals surface area contributed by atoms with E-state index in [1.54, 1.807) is 30.5 Å². The van der Waals surface area contributed by atoms with Crippen molar-refractivity contribution in [2.24, 2.45) is 4.99 Å². The fourth-order valence-electron chi connectivity index (χ4n) is 4.70. The van der Waals surface area contributed by atoms with E-state index in [1.807, 2.05) is 48.3 Å². The predicted molar refractivity (Wildman–Crippen MR) is 172 cm³/mol. The van der Waals surface area contributed by atoms with Crippen LogP contribution in [0.2, 0.25) is 0 Å². The number of pyridine rings is 2. The van der Waals surface area contributed by atoms with Gasteiger partial charge in [-0.1, -0.05) is 42.1 Å². The van der Waals surface area contributed by atoms with Crippen LogP contribution in [-0.2, 0) is 6.61 Å². The maximum atomic E-state index is 16.0. The van der Waals surface area contributed by atoms with Gasteiger partial charge in [-0.3, -0.25) is 9.89 Å². The van der Waals surface area contributed by atoms with Crippen LogP contribution >= 0.6 is 11.8 Å². The molecule has 13 heteroatoms. The number of hydrogen-bond donors (Lipinski definition) is 1. The third-order valence-electron chi connectivity index (χ3n) is 7.13. The van der Waals surface area contributed by atoms with Gasteiger partial charge in [0.15, 0.2) is 17.3 Å². The molecule has 5 aromatic rings. The van der Waals surface area contributed by atoms with Crippen molar-refractivity contribution in [3.63, 3.8) is 0 Å². The number of nitrogens with zero attached hydrogens (tertiary/aromatic N) is 5. The standard InChI is InChI=1S/C35H25F2N5O5S/c1-42-14-13-39-33(42)25-16-24(48-30-12-8-23(18-40-30)35(43)44)9-11-27(25)46-32-26(36)19-41-34(31(32)37)47-29-15-22(17-38)7-10-28(29)45-20-21-5-3-2-4-6-21/h2-13,15-16,18-19,33H,14,20H2,1H3,(H,43,44). The van der Waals surface area contributed by atoms with Crippen LogP contribution in [-0.4, -0.2) is 45.8 Å². The summed E-state index contributed by atoms with van der Waals surface area (Å²) in [6.07, 6.45) is 3.27. The zero-order chi connectivity index (χ0) is 33.6. The number of aromatic carboxylic acids is 1. The van der Waals surface area contributed by atoms with Crippen molar-refractivity contribution in [2.75, 3.05) is 13.6 Å². The molecule has 2 aromatic heterocycles. The van der Waals surface area contributed by atoms with E-state index in [-0.39, 0.29) is 35.0 Å². The molecular weight excluding hydrogens is 640 g/mol. The molecule has 3 aromatic carbocycles. The topological polar surface area (TPSA) is 130 Å². The molecule has 10 nitrogen and oxygen atoms in total. The molecule has 48 heavy (non-hydrogen) atoms. The highest BCUT2D eigenvalue weighted by molar-refractivity contribution is 7.99. The van der Waals surface area contributed by atoms with E-state index in [4.69, 9.17) is 19.3 Å². The molecular formula is C35H25F2N5O5S. The molecule has 3 heterocycles. The van der Waals surface area contributed by atoms with Crippen LogP contribution in [0.4, 0.5) is 8.78 Å². The number of carboxylic acid groups (broad SMARTS) is 1. The summed E-state index contributed by atoms with van der Waals surface area (Å²) in [6.45, 7) is 0.724. The fraction of sp³-hybridized carbons (Fsp3) is 0.114. The van der Waals surface area contributed by atoms with Gasteiger partial charge in [-0.2, -0.15) is 9.65 Å². The minimum atomic E-state index is -1.21. The highest BCUT2D eigenvalue weighted by Gasteiger charge is 2.27. The summed E-state index contributed by atoms with van der Waals surface area (Å²) in [5.41, 5.74) is 1.69. The monoisotopic (exact) mass is 665 g/mol. The first-order chi connectivity index (χ1) is 23.3. The number of ether oxygens (including phenoxy) is 3. The Morgan fingerprint density at radius 3 is 2.52 bits per heavy atom. The van der Waals surface area contributed by atoms with Gasteiger partial charge in [0.05, 0.1) is 23.4 Å². The molecule has 0 fully saturated rings. The van der Waals surface area contributed by atoms with E-state index in [0.29, 0.717) is 22.0 Å². The van der Waals surface area contributed by atoms with Crippen molar-refractivity contribution in [3.05, 3.63) is 125 Å².